The predicted molar refractivity (Wildman–Crippen MR) is 81.3 cm³/mol. The summed E-state index contributed by atoms with van der Waals surface area (Å²) < 4.78 is 5.22. The minimum atomic E-state index is -0.0636. The van der Waals surface area contributed by atoms with Crippen molar-refractivity contribution in [3.63, 3.8) is 0 Å². The van der Waals surface area contributed by atoms with Gasteiger partial charge in [-0.15, -0.1) is 0 Å². The highest BCUT2D eigenvalue weighted by Crippen LogP contribution is 2.22. The molecule has 1 aliphatic rings. The number of benzene rings is 1. The predicted octanol–water partition coefficient (Wildman–Crippen LogP) is 1.77. The highest BCUT2D eigenvalue weighted by Gasteiger charge is 2.31. The molecule has 0 radical (unpaired) electrons. The third-order valence-electron chi connectivity index (χ3n) is 4.19. The number of amides is 2. The molecule has 2 atom stereocenters. The van der Waals surface area contributed by atoms with E-state index in [1.165, 1.54) is 0 Å². The molecule has 2 rings (SSSR count). The highest BCUT2D eigenvalue weighted by atomic mass is 16.5. The van der Waals surface area contributed by atoms with E-state index in [4.69, 9.17) is 4.74 Å². The number of hydrogen-bond acceptors (Lipinski definition) is 3. The van der Waals surface area contributed by atoms with E-state index in [1.807, 2.05) is 25.1 Å². The summed E-state index contributed by atoms with van der Waals surface area (Å²) in [5.41, 5.74) is 2.10. The minimum absolute atomic E-state index is 0.0636. The summed E-state index contributed by atoms with van der Waals surface area (Å²) in [6.45, 7) is 6.03. The van der Waals surface area contributed by atoms with Crippen molar-refractivity contribution >= 4 is 6.03 Å². The number of carbonyl (C=O) groups excluding carboxylic acids is 1. The van der Waals surface area contributed by atoms with Crippen LogP contribution in [0.1, 0.15) is 18.1 Å². The molecule has 5 heteroatoms. The quantitative estimate of drug-likeness (QED) is 0.889. The van der Waals surface area contributed by atoms with Gasteiger partial charge >= 0.3 is 6.03 Å². The van der Waals surface area contributed by atoms with Gasteiger partial charge in [0.1, 0.15) is 5.75 Å². The number of rotatable bonds is 4. The van der Waals surface area contributed by atoms with Crippen molar-refractivity contribution in [1.29, 1.82) is 0 Å². The number of carbonyl (C=O) groups is 1. The van der Waals surface area contributed by atoms with Crippen molar-refractivity contribution in [2.75, 3.05) is 26.8 Å². The monoisotopic (exact) mass is 292 g/mol. The first kappa shape index (κ1) is 15.6. The Hall–Kier alpha value is -1.75. The van der Waals surface area contributed by atoms with E-state index in [2.05, 4.69) is 12.2 Å². The van der Waals surface area contributed by atoms with Gasteiger partial charge in [-0.3, -0.25) is 0 Å². The first-order valence-corrected chi connectivity index (χ1v) is 7.32. The Morgan fingerprint density at radius 2 is 2.24 bits per heavy atom. The van der Waals surface area contributed by atoms with Gasteiger partial charge in [0, 0.05) is 32.2 Å². The number of ether oxygens (including phenoxy) is 1. The molecule has 1 fully saturated rings. The number of nitrogens with one attached hydrogen (secondary N) is 1. The lowest BCUT2D eigenvalue weighted by molar-refractivity contribution is 0.195. The third kappa shape index (κ3) is 3.67. The summed E-state index contributed by atoms with van der Waals surface area (Å²) in [6.07, 6.45) is 0. The molecule has 0 aromatic heterocycles. The lowest BCUT2D eigenvalue weighted by Crippen LogP contribution is -2.38. The van der Waals surface area contributed by atoms with Crippen LogP contribution in [0.3, 0.4) is 0 Å². The average molecular weight is 292 g/mol. The van der Waals surface area contributed by atoms with Gasteiger partial charge in [0.05, 0.1) is 7.11 Å². The van der Waals surface area contributed by atoms with E-state index < -0.39 is 0 Å². The molecule has 1 saturated heterocycles. The number of nitrogens with zero attached hydrogens (tertiary/aromatic N) is 1. The van der Waals surface area contributed by atoms with Gasteiger partial charge in [-0.1, -0.05) is 19.1 Å². The zero-order valence-electron chi connectivity index (χ0n) is 12.9. The lowest BCUT2D eigenvalue weighted by atomic mass is 10.00. The van der Waals surface area contributed by atoms with Gasteiger partial charge in [0.2, 0.25) is 0 Å². The molecule has 0 bridgehead atoms. The number of aliphatic hydroxyl groups excluding tert-OH is 1. The molecule has 1 aromatic carbocycles. The highest BCUT2D eigenvalue weighted by molar-refractivity contribution is 5.74. The van der Waals surface area contributed by atoms with E-state index in [9.17, 15) is 9.90 Å². The SMILES string of the molecule is COc1ccc(CNC(=O)N2C[C@@H](CO)[C@H](C)C2)cc1C. The second kappa shape index (κ2) is 6.80. The van der Waals surface area contributed by atoms with Crippen molar-refractivity contribution < 1.29 is 14.6 Å². The average Bonchev–Trinajstić information content (AvgIpc) is 2.86. The fourth-order valence-electron chi connectivity index (χ4n) is 2.78. The number of urea groups is 1. The van der Waals surface area contributed by atoms with Gasteiger partial charge in [-0.25, -0.2) is 4.79 Å². The van der Waals surface area contributed by atoms with Crippen LogP contribution in [0.15, 0.2) is 18.2 Å². The molecule has 1 heterocycles. The molecule has 2 N–H and O–H groups in total. The molecule has 0 aliphatic carbocycles. The molecule has 116 valence electrons. The van der Waals surface area contributed by atoms with Gasteiger partial charge in [-0.05, 0) is 30.0 Å². The first-order chi connectivity index (χ1) is 10.0. The summed E-state index contributed by atoms with van der Waals surface area (Å²) in [6, 6.07) is 5.82. The molecule has 0 unspecified atom stereocenters. The van der Waals surface area contributed by atoms with Crippen LogP contribution in [0, 0.1) is 18.8 Å². The van der Waals surface area contributed by atoms with Crippen LogP contribution in [0.4, 0.5) is 4.79 Å². The largest absolute Gasteiger partial charge is 0.496 e. The van der Waals surface area contributed by atoms with Crippen molar-refractivity contribution in [2.24, 2.45) is 11.8 Å². The van der Waals surface area contributed by atoms with Crippen LogP contribution < -0.4 is 10.1 Å². The number of hydrogen-bond donors (Lipinski definition) is 2. The minimum Gasteiger partial charge on any atom is -0.496 e. The zero-order valence-corrected chi connectivity index (χ0v) is 12.9. The Morgan fingerprint density at radius 3 is 2.81 bits per heavy atom. The topological polar surface area (TPSA) is 61.8 Å². The summed E-state index contributed by atoms with van der Waals surface area (Å²) in [5, 5.41) is 12.2. The smallest absolute Gasteiger partial charge is 0.317 e. The number of aliphatic hydroxyl groups is 1. The van der Waals surface area contributed by atoms with Gasteiger partial charge < -0.3 is 20.1 Å². The molecule has 2 amide bonds. The van der Waals surface area contributed by atoms with Crippen molar-refractivity contribution in [2.45, 2.75) is 20.4 Å². The fourth-order valence-corrected chi connectivity index (χ4v) is 2.78. The second-order valence-electron chi connectivity index (χ2n) is 5.79. The lowest BCUT2D eigenvalue weighted by Gasteiger charge is -2.17. The fraction of sp³-hybridized carbons (Fsp3) is 0.562. The normalized spacial score (nSPS) is 21.4. The molecular formula is C16H24N2O3. The molecule has 0 spiro atoms. The summed E-state index contributed by atoms with van der Waals surface area (Å²) >= 11 is 0. The molecule has 0 saturated carbocycles. The molecule has 1 aromatic rings. The Kier molecular flexibility index (Phi) is 5.07. The van der Waals surface area contributed by atoms with Crippen molar-refractivity contribution in [1.82, 2.24) is 10.2 Å². The van der Waals surface area contributed by atoms with E-state index in [0.717, 1.165) is 16.9 Å². The van der Waals surface area contributed by atoms with E-state index in [-0.39, 0.29) is 18.6 Å². The number of aryl methyl sites for hydroxylation is 1. The maximum atomic E-state index is 12.1. The van der Waals surface area contributed by atoms with E-state index >= 15 is 0 Å². The van der Waals surface area contributed by atoms with Gasteiger partial charge in [0.15, 0.2) is 0 Å². The van der Waals surface area contributed by atoms with E-state index in [1.54, 1.807) is 12.0 Å². The van der Waals surface area contributed by atoms with Crippen LogP contribution in [0.2, 0.25) is 0 Å². The molecular weight excluding hydrogens is 268 g/mol. The first-order valence-electron chi connectivity index (χ1n) is 7.32. The Labute approximate surface area is 125 Å². The van der Waals surface area contributed by atoms with Crippen LogP contribution in [-0.4, -0.2) is 42.8 Å². The van der Waals surface area contributed by atoms with Gasteiger partial charge in [-0.2, -0.15) is 0 Å². The maximum Gasteiger partial charge on any atom is 0.317 e. The molecule has 5 nitrogen and oxygen atoms in total. The standard InChI is InChI=1S/C16H24N2O3/c1-11-6-13(4-5-15(11)21-3)7-17-16(20)18-8-12(2)14(9-18)10-19/h4-6,12,14,19H,7-10H2,1-3H3,(H,17,20)/t12-,14+/m1/s1. The Balaban J connectivity index is 1.88. The summed E-state index contributed by atoms with van der Waals surface area (Å²) in [4.78, 5) is 13.9. The van der Waals surface area contributed by atoms with Crippen molar-refractivity contribution in [3.8, 4) is 5.75 Å². The Bertz CT molecular complexity index is 504. The second-order valence-corrected chi connectivity index (χ2v) is 5.79. The summed E-state index contributed by atoms with van der Waals surface area (Å²) in [5.74, 6) is 1.40. The maximum absolute atomic E-state index is 12.1. The van der Waals surface area contributed by atoms with E-state index in [0.29, 0.717) is 25.6 Å². The third-order valence-corrected chi connectivity index (χ3v) is 4.19. The number of methoxy groups -OCH3 is 1. The number of likely N-dealkylation sites (tertiary alicyclic amines) is 1. The van der Waals surface area contributed by atoms with Crippen LogP contribution >= 0.6 is 0 Å². The van der Waals surface area contributed by atoms with Gasteiger partial charge in [0.25, 0.3) is 0 Å². The molecule has 21 heavy (non-hydrogen) atoms. The van der Waals surface area contributed by atoms with Crippen molar-refractivity contribution in [3.05, 3.63) is 29.3 Å². The van der Waals surface area contributed by atoms with Crippen LogP contribution in [0.5, 0.6) is 5.75 Å². The molecule has 1 aliphatic heterocycles. The van der Waals surface area contributed by atoms with Crippen LogP contribution in [0.25, 0.3) is 0 Å². The Morgan fingerprint density at radius 1 is 1.48 bits per heavy atom. The summed E-state index contributed by atoms with van der Waals surface area (Å²) in [7, 11) is 1.65. The van der Waals surface area contributed by atoms with Crippen LogP contribution in [-0.2, 0) is 6.54 Å². The zero-order chi connectivity index (χ0) is 15.4.